The number of methoxy groups -OCH3 is 1. The smallest absolute Gasteiger partial charge is 0.337 e. The molecule has 2 heterocycles. The summed E-state index contributed by atoms with van der Waals surface area (Å²) in [6, 6.07) is 7.41. The number of benzene rings is 2. The topological polar surface area (TPSA) is 64.4 Å². The molecule has 0 unspecified atom stereocenters. The van der Waals surface area contributed by atoms with Crippen molar-refractivity contribution in [1.82, 2.24) is 9.55 Å². The van der Waals surface area contributed by atoms with Crippen LogP contribution >= 0.6 is 0 Å². The third-order valence-electron chi connectivity index (χ3n) is 5.44. The molecule has 3 aromatic rings. The molecule has 30 heavy (non-hydrogen) atoms. The van der Waals surface area contributed by atoms with E-state index < -0.39 is 23.2 Å². The number of rotatable bonds is 3. The van der Waals surface area contributed by atoms with E-state index in [2.05, 4.69) is 11.9 Å². The molecule has 0 N–H and O–H groups in total. The Bertz CT molecular complexity index is 1160. The molecule has 1 saturated heterocycles. The van der Waals surface area contributed by atoms with Gasteiger partial charge in [0.25, 0.3) is 5.56 Å². The minimum absolute atomic E-state index is 0.0672. The fraction of sp³-hybridized carbons (Fsp3) is 0.318. The zero-order valence-electron chi connectivity index (χ0n) is 16.7. The summed E-state index contributed by atoms with van der Waals surface area (Å²) in [4.78, 5) is 31.8. The maximum Gasteiger partial charge on any atom is 0.337 e. The molecule has 8 heteroatoms. The lowest BCUT2D eigenvalue weighted by Gasteiger charge is -2.32. The summed E-state index contributed by atoms with van der Waals surface area (Å²) >= 11 is 0. The first kappa shape index (κ1) is 20.0. The van der Waals surface area contributed by atoms with Gasteiger partial charge in [-0.25, -0.2) is 23.1 Å². The lowest BCUT2D eigenvalue weighted by Crippen LogP contribution is -2.38. The lowest BCUT2D eigenvalue weighted by atomic mass is 9.99. The highest BCUT2D eigenvalue weighted by molar-refractivity contribution is 5.94. The first-order chi connectivity index (χ1) is 14.4. The normalized spacial score (nSPS) is 14.9. The molecule has 0 amide bonds. The van der Waals surface area contributed by atoms with E-state index in [-0.39, 0.29) is 16.6 Å². The molecule has 0 radical (unpaired) electrons. The first-order valence-corrected chi connectivity index (χ1v) is 9.74. The van der Waals surface area contributed by atoms with Gasteiger partial charge in [0.15, 0.2) is 0 Å². The average molecular weight is 413 g/mol. The summed E-state index contributed by atoms with van der Waals surface area (Å²) < 4.78 is 33.8. The van der Waals surface area contributed by atoms with Gasteiger partial charge in [0.2, 0.25) is 5.95 Å². The fourth-order valence-corrected chi connectivity index (χ4v) is 3.74. The van der Waals surface area contributed by atoms with E-state index in [0.29, 0.717) is 30.5 Å². The second kappa shape index (κ2) is 7.85. The van der Waals surface area contributed by atoms with Crippen molar-refractivity contribution in [3.05, 3.63) is 63.9 Å². The minimum Gasteiger partial charge on any atom is -0.465 e. The van der Waals surface area contributed by atoms with Crippen LogP contribution in [0, 0.1) is 17.6 Å². The first-order valence-electron chi connectivity index (χ1n) is 9.74. The second-order valence-electron chi connectivity index (χ2n) is 7.57. The number of ether oxygens (including phenoxy) is 1. The number of fused-ring (bicyclic) bond motifs is 1. The maximum absolute atomic E-state index is 13.9. The molecule has 4 rings (SSSR count). The van der Waals surface area contributed by atoms with Gasteiger partial charge in [0, 0.05) is 19.2 Å². The van der Waals surface area contributed by atoms with Crippen LogP contribution in [0.15, 0.2) is 41.2 Å². The largest absolute Gasteiger partial charge is 0.465 e. The van der Waals surface area contributed by atoms with Crippen molar-refractivity contribution in [3.63, 3.8) is 0 Å². The third kappa shape index (κ3) is 3.65. The van der Waals surface area contributed by atoms with E-state index in [1.54, 1.807) is 0 Å². The van der Waals surface area contributed by atoms with Crippen LogP contribution in [0.25, 0.3) is 16.6 Å². The van der Waals surface area contributed by atoms with Gasteiger partial charge in [0.05, 0.1) is 29.3 Å². The van der Waals surface area contributed by atoms with Crippen molar-refractivity contribution in [1.29, 1.82) is 0 Å². The van der Waals surface area contributed by atoms with Crippen LogP contribution in [0.4, 0.5) is 14.7 Å². The van der Waals surface area contributed by atoms with Crippen LogP contribution in [0.2, 0.25) is 0 Å². The standard InChI is InChI=1S/C22H21F2N3O3/c1-13-5-7-26(8-6-13)22-25-19-9-14(21(29)30-2)3-4-18(19)20(28)27(22)17-11-15(23)10-16(24)12-17/h3-4,9-13H,5-8H2,1-2H3. The summed E-state index contributed by atoms with van der Waals surface area (Å²) in [7, 11) is 1.27. The van der Waals surface area contributed by atoms with Gasteiger partial charge in [-0.1, -0.05) is 6.92 Å². The molecular formula is C22H21F2N3O3. The maximum atomic E-state index is 13.9. The summed E-state index contributed by atoms with van der Waals surface area (Å²) in [5.41, 5.74) is 0.196. The molecule has 0 bridgehead atoms. The number of esters is 1. The Balaban J connectivity index is 1.97. The molecule has 1 fully saturated rings. The summed E-state index contributed by atoms with van der Waals surface area (Å²) in [5, 5.41) is 0.237. The number of carbonyl (C=O) groups excluding carboxylic acids is 1. The predicted molar refractivity (Wildman–Crippen MR) is 109 cm³/mol. The van der Waals surface area contributed by atoms with Gasteiger partial charge in [-0.3, -0.25) is 4.79 Å². The van der Waals surface area contributed by atoms with Crippen molar-refractivity contribution < 1.29 is 18.3 Å². The molecule has 2 aromatic carbocycles. The van der Waals surface area contributed by atoms with Crippen molar-refractivity contribution in [2.24, 2.45) is 5.92 Å². The number of piperidine rings is 1. The zero-order valence-corrected chi connectivity index (χ0v) is 16.7. The van der Waals surface area contributed by atoms with Gasteiger partial charge in [0.1, 0.15) is 11.6 Å². The van der Waals surface area contributed by atoms with Gasteiger partial charge in [-0.2, -0.15) is 0 Å². The van der Waals surface area contributed by atoms with E-state index in [9.17, 15) is 18.4 Å². The Hall–Kier alpha value is -3.29. The molecule has 1 aliphatic rings. The lowest BCUT2D eigenvalue weighted by molar-refractivity contribution is 0.0601. The van der Waals surface area contributed by atoms with Crippen LogP contribution in [-0.2, 0) is 4.74 Å². The van der Waals surface area contributed by atoms with Crippen LogP contribution in [0.1, 0.15) is 30.1 Å². The average Bonchev–Trinajstić information content (AvgIpc) is 2.72. The van der Waals surface area contributed by atoms with Crippen molar-refractivity contribution in [3.8, 4) is 5.69 Å². The predicted octanol–water partition coefficient (Wildman–Crippen LogP) is 3.69. The molecule has 0 spiro atoms. The second-order valence-corrected chi connectivity index (χ2v) is 7.57. The van der Waals surface area contributed by atoms with E-state index in [1.807, 2.05) is 4.90 Å². The highest BCUT2D eigenvalue weighted by Crippen LogP contribution is 2.26. The van der Waals surface area contributed by atoms with E-state index in [1.165, 1.54) is 29.9 Å². The highest BCUT2D eigenvalue weighted by atomic mass is 19.1. The molecular weight excluding hydrogens is 392 g/mol. The summed E-state index contributed by atoms with van der Waals surface area (Å²) in [5.74, 6) is -1.26. The number of hydrogen-bond donors (Lipinski definition) is 0. The molecule has 0 aliphatic carbocycles. The highest BCUT2D eigenvalue weighted by Gasteiger charge is 2.23. The minimum atomic E-state index is -0.781. The Labute approximate surface area is 171 Å². The Morgan fingerprint density at radius 1 is 1.10 bits per heavy atom. The number of anilines is 1. The summed E-state index contributed by atoms with van der Waals surface area (Å²) in [6.45, 7) is 3.48. The van der Waals surface area contributed by atoms with Gasteiger partial charge < -0.3 is 9.64 Å². The SMILES string of the molecule is COC(=O)c1ccc2c(=O)n(-c3cc(F)cc(F)c3)c(N3CCC(C)CC3)nc2c1. The van der Waals surface area contributed by atoms with Crippen LogP contribution < -0.4 is 10.5 Å². The van der Waals surface area contributed by atoms with Crippen LogP contribution in [0.3, 0.4) is 0 Å². The molecule has 1 aliphatic heterocycles. The monoisotopic (exact) mass is 413 g/mol. The van der Waals surface area contributed by atoms with Crippen molar-refractivity contribution >= 4 is 22.8 Å². The molecule has 6 nitrogen and oxygen atoms in total. The number of carbonyl (C=O) groups is 1. The third-order valence-corrected chi connectivity index (χ3v) is 5.44. The molecule has 156 valence electrons. The van der Waals surface area contributed by atoms with Gasteiger partial charge in [-0.05, 0) is 49.1 Å². The van der Waals surface area contributed by atoms with E-state index in [4.69, 9.17) is 4.74 Å². The zero-order chi connectivity index (χ0) is 21.4. The van der Waals surface area contributed by atoms with Gasteiger partial charge in [-0.15, -0.1) is 0 Å². The van der Waals surface area contributed by atoms with E-state index >= 15 is 0 Å². The Kier molecular flexibility index (Phi) is 5.24. The molecule has 1 aromatic heterocycles. The van der Waals surface area contributed by atoms with Gasteiger partial charge >= 0.3 is 5.97 Å². The number of aromatic nitrogens is 2. The quantitative estimate of drug-likeness (QED) is 0.613. The Morgan fingerprint density at radius 3 is 2.40 bits per heavy atom. The fourth-order valence-electron chi connectivity index (χ4n) is 3.74. The van der Waals surface area contributed by atoms with E-state index in [0.717, 1.165) is 31.0 Å². The number of nitrogens with zero attached hydrogens (tertiary/aromatic N) is 3. The van der Waals surface area contributed by atoms with Crippen LogP contribution in [-0.4, -0.2) is 35.7 Å². The number of hydrogen-bond acceptors (Lipinski definition) is 5. The Morgan fingerprint density at radius 2 is 1.77 bits per heavy atom. The summed E-state index contributed by atoms with van der Waals surface area (Å²) in [6.07, 6.45) is 1.82. The molecule has 0 saturated carbocycles. The van der Waals surface area contributed by atoms with Crippen molar-refractivity contribution in [2.45, 2.75) is 19.8 Å². The molecule has 0 atom stereocenters. The number of halogens is 2. The van der Waals surface area contributed by atoms with Crippen molar-refractivity contribution in [2.75, 3.05) is 25.1 Å². The van der Waals surface area contributed by atoms with Crippen LogP contribution in [0.5, 0.6) is 0 Å².